The summed E-state index contributed by atoms with van der Waals surface area (Å²) < 4.78 is 66.2. The molecule has 3 N–H and O–H groups in total. The first-order chi connectivity index (χ1) is 9.70. The monoisotopic (exact) mass is 316 g/mol. The third-order valence-corrected chi connectivity index (χ3v) is 4.14. The van der Waals surface area contributed by atoms with E-state index < -0.39 is 38.1 Å². The molecule has 0 heterocycles. The first kappa shape index (κ1) is 15.2. The summed E-state index contributed by atoms with van der Waals surface area (Å²) in [4.78, 5) is -0.449. The van der Waals surface area contributed by atoms with Crippen molar-refractivity contribution < 1.29 is 21.6 Å². The van der Waals surface area contributed by atoms with Gasteiger partial charge in [-0.2, -0.15) is 0 Å². The molecule has 0 bridgehead atoms. The fraction of sp³-hybridized carbons (Fsp3) is 0.0769. The fourth-order valence-electron chi connectivity index (χ4n) is 1.60. The summed E-state index contributed by atoms with van der Waals surface area (Å²) in [6.45, 7) is 1.34. The Morgan fingerprint density at radius 2 is 1.67 bits per heavy atom. The highest BCUT2D eigenvalue weighted by Gasteiger charge is 2.19. The number of halogens is 3. The summed E-state index contributed by atoms with van der Waals surface area (Å²) in [7, 11) is -4.26. The summed E-state index contributed by atoms with van der Waals surface area (Å²) in [5, 5.41) is 0. The highest BCUT2D eigenvalue weighted by molar-refractivity contribution is 7.92. The van der Waals surface area contributed by atoms with E-state index >= 15 is 0 Å². The van der Waals surface area contributed by atoms with Gasteiger partial charge in [0.15, 0.2) is 0 Å². The second kappa shape index (κ2) is 5.28. The van der Waals surface area contributed by atoms with Crippen LogP contribution in [0.15, 0.2) is 35.2 Å². The van der Waals surface area contributed by atoms with Crippen molar-refractivity contribution in [1.29, 1.82) is 0 Å². The second-order valence-corrected chi connectivity index (χ2v) is 6.05. The molecule has 0 saturated carbocycles. The Labute approximate surface area is 119 Å². The van der Waals surface area contributed by atoms with E-state index in [2.05, 4.69) is 0 Å². The Kier molecular flexibility index (Phi) is 3.82. The van der Waals surface area contributed by atoms with Crippen LogP contribution in [0.5, 0.6) is 0 Å². The van der Waals surface area contributed by atoms with Crippen LogP contribution in [0.3, 0.4) is 0 Å². The molecule has 2 rings (SSSR count). The van der Waals surface area contributed by atoms with Crippen molar-refractivity contribution in [1.82, 2.24) is 0 Å². The van der Waals surface area contributed by atoms with Crippen molar-refractivity contribution >= 4 is 21.4 Å². The van der Waals surface area contributed by atoms with Crippen molar-refractivity contribution in [3.05, 3.63) is 53.3 Å². The Hall–Kier alpha value is -2.22. The average molecular weight is 316 g/mol. The molecule has 4 nitrogen and oxygen atoms in total. The molecule has 0 saturated heterocycles. The smallest absolute Gasteiger partial charge is 0.262 e. The number of nitrogens with one attached hydrogen (secondary N) is 1. The number of nitrogen functional groups attached to an aromatic ring is 1. The number of hydrogen-bond acceptors (Lipinski definition) is 3. The summed E-state index contributed by atoms with van der Waals surface area (Å²) in [5.41, 5.74) is 4.50. The highest BCUT2D eigenvalue weighted by atomic mass is 32.2. The van der Waals surface area contributed by atoms with E-state index in [1.54, 1.807) is 0 Å². The maximum atomic E-state index is 13.6. The molecule has 0 amide bonds. The SMILES string of the molecule is Cc1cc(F)c(NS(=O)(=O)c2ccc(N)c(F)c2)cc1F. The molecule has 0 radical (unpaired) electrons. The maximum absolute atomic E-state index is 13.6. The van der Waals surface area contributed by atoms with Crippen LogP contribution < -0.4 is 10.5 Å². The predicted molar refractivity (Wildman–Crippen MR) is 72.7 cm³/mol. The van der Waals surface area contributed by atoms with Gasteiger partial charge in [-0.3, -0.25) is 4.72 Å². The minimum absolute atomic E-state index is 0.0361. The highest BCUT2D eigenvalue weighted by Crippen LogP contribution is 2.23. The zero-order chi connectivity index (χ0) is 15.8. The van der Waals surface area contributed by atoms with Crippen LogP contribution in [0.2, 0.25) is 0 Å². The zero-order valence-electron chi connectivity index (χ0n) is 10.8. The fourth-order valence-corrected chi connectivity index (χ4v) is 2.67. The van der Waals surface area contributed by atoms with Gasteiger partial charge in [-0.25, -0.2) is 21.6 Å². The lowest BCUT2D eigenvalue weighted by atomic mass is 10.2. The minimum atomic E-state index is -4.26. The Morgan fingerprint density at radius 3 is 2.29 bits per heavy atom. The van der Waals surface area contributed by atoms with E-state index in [1.807, 2.05) is 4.72 Å². The van der Waals surface area contributed by atoms with Crippen LogP contribution in [-0.4, -0.2) is 8.42 Å². The minimum Gasteiger partial charge on any atom is -0.396 e. The van der Waals surface area contributed by atoms with Gasteiger partial charge in [0.1, 0.15) is 17.5 Å². The summed E-state index contributed by atoms with van der Waals surface area (Å²) in [6.07, 6.45) is 0. The molecule has 112 valence electrons. The summed E-state index contributed by atoms with van der Waals surface area (Å²) in [6, 6.07) is 4.39. The lowest BCUT2D eigenvalue weighted by Crippen LogP contribution is -2.15. The Morgan fingerprint density at radius 1 is 1.00 bits per heavy atom. The normalized spacial score (nSPS) is 11.4. The quantitative estimate of drug-likeness (QED) is 0.855. The Balaban J connectivity index is 2.42. The van der Waals surface area contributed by atoms with Crippen LogP contribution in [0.4, 0.5) is 24.5 Å². The number of rotatable bonds is 3. The lowest BCUT2D eigenvalue weighted by Gasteiger charge is -2.10. The zero-order valence-corrected chi connectivity index (χ0v) is 11.6. The molecular formula is C13H11F3N2O2S. The van der Waals surface area contributed by atoms with Gasteiger partial charge >= 0.3 is 0 Å². The van der Waals surface area contributed by atoms with Crippen LogP contribution >= 0.6 is 0 Å². The van der Waals surface area contributed by atoms with Crippen molar-refractivity contribution in [3.63, 3.8) is 0 Å². The van der Waals surface area contributed by atoms with Gasteiger partial charge in [0, 0.05) is 6.07 Å². The molecule has 0 aliphatic rings. The van der Waals surface area contributed by atoms with Crippen molar-refractivity contribution in [2.24, 2.45) is 0 Å². The van der Waals surface area contributed by atoms with Gasteiger partial charge in [-0.05, 0) is 36.8 Å². The van der Waals surface area contributed by atoms with Gasteiger partial charge in [-0.15, -0.1) is 0 Å². The van der Waals surface area contributed by atoms with E-state index in [0.717, 1.165) is 24.3 Å². The molecule has 0 unspecified atom stereocenters. The Bertz CT molecular complexity index is 807. The largest absolute Gasteiger partial charge is 0.396 e. The first-order valence-electron chi connectivity index (χ1n) is 5.74. The molecule has 0 aliphatic heterocycles. The van der Waals surface area contributed by atoms with Crippen LogP contribution in [-0.2, 0) is 10.0 Å². The molecule has 0 fully saturated rings. The average Bonchev–Trinajstić information content (AvgIpc) is 2.39. The van der Waals surface area contributed by atoms with Gasteiger partial charge in [0.2, 0.25) is 0 Å². The number of nitrogens with two attached hydrogens (primary N) is 1. The number of hydrogen-bond donors (Lipinski definition) is 2. The molecule has 21 heavy (non-hydrogen) atoms. The molecule has 2 aromatic rings. The number of aryl methyl sites for hydroxylation is 1. The third-order valence-electron chi connectivity index (χ3n) is 2.77. The lowest BCUT2D eigenvalue weighted by molar-refractivity contribution is 0.588. The first-order valence-corrected chi connectivity index (χ1v) is 7.22. The molecule has 8 heteroatoms. The molecule has 0 atom stereocenters. The number of sulfonamides is 1. The molecule has 2 aromatic carbocycles. The van der Waals surface area contributed by atoms with Gasteiger partial charge in [0.05, 0.1) is 16.3 Å². The molecule has 0 spiro atoms. The van der Waals surface area contributed by atoms with Gasteiger partial charge < -0.3 is 5.73 Å². The van der Waals surface area contributed by atoms with E-state index in [1.165, 1.54) is 6.92 Å². The third kappa shape index (κ3) is 3.10. The number of benzene rings is 2. The van der Waals surface area contributed by atoms with E-state index in [-0.39, 0.29) is 11.3 Å². The van der Waals surface area contributed by atoms with Gasteiger partial charge in [-0.1, -0.05) is 0 Å². The van der Waals surface area contributed by atoms with Crippen LogP contribution in [0, 0.1) is 24.4 Å². The van der Waals surface area contributed by atoms with Crippen molar-refractivity contribution in [2.75, 3.05) is 10.5 Å². The molecule has 0 aliphatic carbocycles. The topological polar surface area (TPSA) is 72.2 Å². The van der Waals surface area contributed by atoms with Crippen molar-refractivity contribution in [2.45, 2.75) is 11.8 Å². The van der Waals surface area contributed by atoms with Gasteiger partial charge in [0.25, 0.3) is 10.0 Å². The van der Waals surface area contributed by atoms with Crippen molar-refractivity contribution in [3.8, 4) is 0 Å². The summed E-state index contributed by atoms with van der Waals surface area (Å²) in [5.74, 6) is -2.63. The molecule has 0 aromatic heterocycles. The maximum Gasteiger partial charge on any atom is 0.262 e. The predicted octanol–water partition coefficient (Wildman–Crippen LogP) is 2.80. The van der Waals surface area contributed by atoms with Crippen LogP contribution in [0.25, 0.3) is 0 Å². The van der Waals surface area contributed by atoms with E-state index in [0.29, 0.717) is 6.07 Å². The van der Waals surface area contributed by atoms with E-state index in [4.69, 9.17) is 5.73 Å². The second-order valence-electron chi connectivity index (χ2n) is 4.37. The molecular weight excluding hydrogens is 305 g/mol. The van der Waals surface area contributed by atoms with Crippen LogP contribution in [0.1, 0.15) is 5.56 Å². The standard InChI is InChI=1S/C13H11F3N2O2S/c1-7-4-11(16)13(6-9(7)14)18-21(19,20)8-2-3-12(17)10(15)5-8/h2-6,18H,17H2,1H3. The number of anilines is 2. The summed E-state index contributed by atoms with van der Waals surface area (Å²) >= 11 is 0. The van der Waals surface area contributed by atoms with E-state index in [9.17, 15) is 21.6 Å².